The summed E-state index contributed by atoms with van der Waals surface area (Å²) in [6, 6.07) is 0. The van der Waals surface area contributed by atoms with Crippen LogP contribution in [-0.2, 0) is 4.79 Å². The third-order valence-electron chi connectivity index (χ3n) is 11.7. The number of allylic oxidation sites excluding steroid dienone is 2. The zero-order valence-electron chi connectivity index (χ0n) is 23.0. The molecule has 2 fully saturated rings. The van der Waals surface area contributed by atoms with Crippen LogP contribution in [-0.4, -0.2) is 38.4 Å². The van der Waals surface area contributed by atoms with E-state index in [-0.39, 0.29) is 34.0 Å². The van der Waals surface area contributed by atoms with Gasteiger partial charge in [0.1, 0.15) is 5.78 Å². The molecular weight excluding hydrogens is 424 g/mol. The summed E-state index contributed by atoms with van der Waals surface area (Å²) in [5, 5.41) is 32.6. The monoisotopic (exact) mass is 474 g/mol. The fourth-order valence-corrected chi connectivity index (χ4v) is 9.33. The SMILES string of the molecule is CC(CCC(O)C(C)(C)O)C1CCC2(C)C3=C(CC2C1(C)O)C1(C)CCC(=O)C(C)(C)C1CC3. The van der Waals surface area contributed by atoms with E-state index in [9.17, 15) is 20.1 Å². The van der Waals surface area contributed by atoms with Gasteiger partial charge in [-0.25, -0.2) is 0 Å². The van der Waals surface area contributed by atoms with Crippen LogP contribution in [0, 0.1) is 39.9 Å². The van der Waals surface area contributed by atoms with Crippen molar-refractivity contribution in [3.05, 3.63) is 11.1 Å². The Morgan fingerprint density at radius 1 is 0.941 bits per heavy atom. The largest absolute Gasteiger partial charge is 0.390 e. The Balaban J connectivity index is 1.58. The van der Waals surface area contributed by atoms with Crippen molar-refractivity contribution in [2.24, 2.45) is 39.9 Å². The van der Waals surface area contributed by atoms with E-state index in [1.165, 1.54) is 0 Å². The molecule has 4 nitrogen and oxygen atoms in total. The van der Waals surface area contributed by atoms with Crippen LogP contribution in [0.3, 0.4) is 0 Å². The molecule has 34 heavy (non-hydrogen) atoms. The summed E-state index contributed by atoms with van der Waals surface area (Å²) in [7, 11) is 0. The zero-order chi connectivity index (χ0) is 25.5. The van der Waals surface area contributed by atoms with Gasteiger partial charge in [0, 0.05) is 17.8 Å². The maximum atomic E-state index is 12.8. The predicted octanol–water partition coefficient (Wildman–Crippen LogP) is 5.82. The summed E-state index contributed by atoms with van der Waals surface area (Å²) in [5.74, 6) is 1.50. The van der Waals surface area contributed by atoms with E-state index < -0.39 is 17.3 Å². The molecule has 4 heteroatoms. The fraction of sp³-hybridized carbons (Fsp3) is 0.900. The molecule has 0 amide bonds. The summed E-state index contributed by atoms with van der Waals surface area (Å²) in [6.45, 7) is 16.8. The molecule has 3 N–H and O–H groups in total. The number of aliphatic hydroxyl groups excluding tert-OH is 1. The van der Waals surface area contributed by atoms with Crippen molar-refractivity contribution in [2.75, 3.05) is 0 Å². The van der Waals surface area contributed by atoms with Crippen molar-refractivity contribution in [3.8, 4) is 0 Å². The average Bonchev–Trinajstić information content (AvgIpc) is 3.03. The minimum Gasteiger partial charge on any atom is -0.390 e. The number of carbonyl (C=O) groups is 1. The van der Waals surface area contributed by atoms with Crippen molar-refractivity contribution in [1.29, 1.82) is 0 Å². The molecule has 0 aromatic rings. The number of carbonyl (C=O) groups excluding carboxylic acids is 1. The number of hydrogen-bond acceptors (Lipinski definition) is 4. The maximum Gasteiger partial charge on any atom is 0.138 e. The fourth-order valence-electron chi connectivity index (χ4n) is 9.33. The predicted molar refractivity (Wildman–Crippen MR) is 136 cm³/mol. The molecule has 0 saturated heterocycles. The van der Waals surface area contributed by atoms with Crippen LogP contribution in [0.2, 0.25) is 0 Å². The highest BCUT2D eigenvalue weighted by molar-refractivity contribution is 5.85. The number of ketones is 1. The molecule has 4 rings (SSSR count). The van der Waals surface area contributed by atoms with Crippen LogP contribution in [0.4, 0.5) is 0 Å². The van der Waals surface area contributed by atoms with Crippen LogP contribution < -0.4 is 0 Å². The molecule has 0 bridgehead atoms. The summed E-state index contributed by atoms with van der Waals surface area (Å²) in [5.41, 5.74) is 1.19. The standard InChI is InChI=1S/C30H50O4/c1-18(9-12-25(32)27(4,5)33)19-13-15-28(6)20-10-11-22-26(2,3)24(31)14-16-29(22,7)21(20)17-23(28)30(19,8)34/h18-19,22-23,25,32-34H,9-17H2,1-8H3. The van der Waals surface area contributed by atoms with Crippen molar-refractivity contribution in [2.45, 2.75) is 130 Å². The van der Waals surface area contributed by atoms with Crippen LogP contribution in [0.1, 0.15) is 113 Å². The molecule has 0 aromatic carbocycles. The van der Waals surface area contributed by atoms with Gasteiger partial charge >= 0.3 is 0 Å². The third-order valence-corrected chi connectivity index (χ3v) is 11.7. The molecule has 8 unspecified atom stereocenters. The molecule has 0 radical (unpaired) electrons. The van der Waals surface area contributed by atoms with Gasteiger partial charge < -0.3 is 15.3 Å². The molecule has 0 aromatic heterocycles. The summed E-state index contributed by atoms with van der Waals surface area (Å²) < 4.78 is 0. The van der Waals surface area contributed by atoms with Crippen LogP contribution in [0.25, 0.3) is 0 Å². The molecule has 4 aliphatic rings. The van der Waals surface area contributed by atoms with E-state index in [1.807, 2.05) is 0 Å². The molecule has 2 saturated carbocycles. The lowest BCUT2D eigenvalue weighted by molar-refractivity contribution is -0.139. The Morgan fingerprint density at radius 2 is 1.56 bits per heavy atom. The Hall–Kier alpha value is -0.710. The number of hydrogen-bond donors (Lipinski definition) is 3. The first kappa shape index (κ1) is 26.4. The first-order valence-corrected chi connectivity index (χ1v) is 13.9. The number of aliphatic hydroxyl groups is 3. The minimum atomic E-state index is -1.09. The van der Waals surface area contributed by atoms with Gasteiger partial charge in [0.25, 0.3) is 0 Å². The normalized spacial score (nSPS) is 43.7. The molecular formula is C30H50O4. The lowest BCUT2D eigenvalue weighted by Gasteiger charge is -2.55. The van der Waals surface area contributed by atoms with Gasteiger partial charge in [-0.1, -0.05) is 45.8 Å². The summed E-state index contributed by atoms with van der Waals surface area (Å²) in [4.78, 5) is 12.8. The van der Waals surface area contributed by atoms with Gasteiger partial charge in [-0.05, 0) is 101 Å². The maximum absolute atomic E-state index is 12.8. The first-order valence-electron chi connectivity index (χ1n) is 13.9. The minimum absolute atomic E-state index is 0.0429. The number of rotatable bonds is 5. The summed E-state index contributed by atoms with van der Waals surface area (Å²) in [6.07, 6.45) is 7.49. The van der Waals surface area contributed by atoms with Crippen molar-refractivity contribution >= 4 is 5.78 Å². The Labute approximate surface area is 207 Å². The quantitative estimate of drug-likeness (QED) is 0.439. The number of Topliss-reactive ketones (excluding diaryl/α,β-unsaturated/α-hetero) is 1. The van der Waals surface area contributed by atoms with Crippen molar-refractivity contribution < 1.29 is 20.1 Å². The van der Waals surface area contributed by atoms with Crippen molar-refractivity contribution in [3.63, 3.8) is 0 Å². The Kier molecular flexibility index (Phi) is 6.32. The second-order valence-electron chi connectivity index (χ2n) is 14.4. The molecule has 0 spiro atoms. The average molecular weight is 475 g/mol. The van der Waals surface area contributed by atoms with Gasteiger partial charge in [0.15, 0.2) is 0 Å². The lowest BCUT2D eigenvalue weighted by Crippen LogP contribution is -2.54. The van der Waals surface area contributed by atoms with Gasteiger partial charge in [-0.3, -0.25) is 4.79 Å². The second kappa shape index (κ2) is 8.15. The van der Waals surface area contributed by atoms with E-state index in [4.69, 9.17) is 0 Å². The smallest absolute Gasteiger partial charge is 0.138 e. The van der Waals surface area contributed by atoms with Gasteiger partial charge in [-0.2, -0.15) is 0 Å². The molecule has 0 aliphatic heterocycles. The van der Waals surface area contributed by atoms with Crippen LogP contribution in [0.15, 0.2) is 11.1 Å². The topological polar surface area (TPSA) is 77.8 Å². The number of fused-ring (bicyclic) bond motifs is 4. The molecule has 8 atom stereocenters. The molecule has 194 valence electrons. The van der Waals surface area contributed by atoms with Crippen molar-refractivity contribution in [1.82, 2.24) is 0 Å². The highest BCUT2D eigenvalue weighted by atomic mass is 16.3. The molecule has 4 aliphatic carbocycles. The zero-order valence-corrected chi connectivity index (χ0v) is 23.0. The first-order chi connectivity index (χ1) is 15.5. The highest BCUT2D eigenvalue weighted by Gasteiger charge is 2.64. The van der Waals surface area contributed by atoms with E-state index in [0.717, 1.165) is 44.9 Å². The van der Waals surface area contributed by atoms with E-state index in [0.29, 0.717) is 24.5 Å². The van der Waals surface area contributed by atoms with Crippen LogP contribution >= 0.6 is 0 Å². The highest BCUT2D eigenvalue weighted by Crippen LogP contribution is 2.70. The Bertz CT molecular complexity index is 862. The Morgan fingerprint density at radius 3 is 2.18 bits per heavy atom. The molecule has 0 heterocycles. The van der Waals surface area contributed by atoms with Gasteiger partial charge in [0.2, 0.25) is 0 Å². The van der Waals surface area contributed by atoms with Gasteiger partial charge in [-0.15, -0.1) is 0 Å². The third kappa shape index (κ3) is 3.77. The summed E-state index contributed by atoms with van der Waals surface area (Å²) >= 11 is 0. The van der Waals surface area contributed by atoms with E-state index in [2.05, 4.69) is 41.5 Å². The van der Waals surface area contributed by atoms with Gasteiger partial charge in [0.05, 0.1) is 17.3 Å². The van der Waals surface area contributed by atoms with Crippen LogP contribution in [0.5, 0.6) is 0 Å². The van der Waals surface area contributed by atoms with E-state index in [1.54, 1.807) is 25.0 Å². The lowest BCUT2D eigenvalue weighted by atomic mass is 9.49. The van der Waals surface area contributed by atoms with E-state index >= 15 is 0 Å². The second-order valence-corrected chi connectivity index (χ2v) is 14.4.